The van der Waals surface area contributed by atoms with Gasteiger partial charge >= 0.3 is 5.97 Å². The molecule has 1 saturated heterocycles. The van der Waals surface area contributed by atoms with Crippen molar-refractivity contribution in [3.8, 4) is 0 Å². The molecule has 0 aliphatic carbocycles. The van der Waals surface area contributed by atoms with E-state index in [4.69, 9.17) is 5.14 Å². The van der Waals surface area contributed by atoms with Gasteiger partial charge in [-0.15, -0.1) is 0 Å². The molecule has 10 nitrogen and oxygen atoms in total. The Balaban J connectivity index is 2.39. The van der Waals surface area contributed by atoms with E-state index in [0.29, 0.717) is 0 Å². The van der Waals surface area contributed by atoms with Crippen molar-refractivity contribution in [1.29, 1.82) is 0 Å². The molecule has 1 fully saturated rings. The van der Waals surface area contributed by atoms with E-state index in [1.54, 1.807) is 0 Å². The van der Waals surface area contributed by atoms with Crippen LogP contribution in [0.5, 0.6) is 0 Å². The Morgan fingerprint density at radius 2 is 2.17 bits per heavy atom. The summed E-state index contributed by atoms with van der Waals surface area (Å²) in [5.41, 5.74) is -0.336. The van der Waals surface area contributed by atoms with Crippen LogP contribution in [-0.2, 0) is 19.6 Å². The highest BCUT2D eigenvalue weighted by atomic mass is 32.2. The van der Waals surface area contributed by atoms with Crippen molar-refractivity contribution >= 4 is 33.3 Å². The number of hydrogen-bond acceptors (Lipinski definition) is 7. The number of ether oxygens (including phenoxy) is 1. The molecule has 1 aliphatic rings. The van der Waals surface area contributed by atoms with Gasteiger partial charge < -0.3 is 9.64 Å². The summed E-state index contributed by atoms with van der Waals surface area (Å²) in [5, 5.41) is 15.9. The monoisotopic (exact) mass is 357 g/mol. The third kappa shape index (κ3) is 3.86. The van der Waals surface area contributed by atoms with Crippen LogP contribution in [-0.4, -0.2) is 44.6 Å². The predicted molar refractivity (Wildman–Crippen MR) is 82.9 cm³/mol. The number of non-ortho nitro benzene ring substituents is 1. The maximum atomic E-state index is 12.2. The van der Waals surface area contributed by atoms with Gasteiger partial charge in [0.2, 0.25) is 15.9 Å². The molecule has 1 atom stereocenters. The van der Waals surface area contributed by atoms with Crippen molar-refractivity contribution in [2.75, 3.05) is 24.3 Å². The maximum Gasteiger partial charge on any atom is 0.340 e. The number of nitro benzene ring substituents is 1. The number of hydrogen-bond donors (Lipinski definition) is 1. The van der Waals surface area contributed by atoms with Crippen LogP contribution < -0.4 is 10.0 Å². The second-order valence-corrected chi connectivity index (χ2v) is 7.01. The van der Waals surface area contributed by atoms with Crippen LogP contribution in [0.25, 0.3) is 0 Å². The summed E-state index contributed by atoms with van der Waals surface area (Å²) in [7, 11) is -2.63. The summed E-state index contributed by atoms with van der Waals surface area (Å²) >= 11 is 0. The molecular weight excluding hydrogens is 342 g/mol. The number of esters is 1. The Bertz CT molecular complexity index is 806. The van der Waals surface area contributed by atoms with E-state index < -0.39 is 32.7 Å². The van der Waals surface area contributed by atoms with E-state index in [9.17, 15) is 28.1 Å². The molecule has 130 valence electrons. The SMILES string of the molecule is COC(=O)c1cc([N+](=O)[O-])ccc1N1CC(CS(N)(=O)=O)CC1=O. The van der Waals surface area contributed by atoms with Crippen molar-refractivity contribution < 1.29 is 27.7 Å². The zero-order chi connectivity index (χ0) is 18.1. The van der Waals surface area contributed by atoms with Crippen LogP contribution in [0, 0.1) is 16.0 Å². The number of rotatable bonds is 5. The fraction of sp³-hybridized carbons (Fsp3) is 0.385. The Labute approximate surface area is 137 Å². The molecule has 2 N–H and O–H groups in total. The van der Waals surface area contributed by atoms with Crippen LogP contribution in [0.1, 0.15) is 16.8 Å². The second-order valence-electron chi connectivity index (χ2n) is 5.35. The van der Waals surface area contributed by atoms with Gasteiger partial charge in [-0.25, -0.2) is 18.4 Å². The molecular formula is C13H15N3O7S. The first kappa shape index (κ1) is 17.8. The van der Waals surface area contributed by atoms with Gasteiger partial charge in [0.25, 0.3) is 5.69 Å². The third-order valence-electron chi connectivity index (χ3n) is 3.56. The van der Waals surface area contributed by atoms with Gasteiger partial charge in [0.15, 0.2) is 0 Å². The number of nitrogens with two attached hydrogens (primary N) is 1. The normalized spacial score (nSPS) is 17.8. The molecule has 0 bridgehead atoms. The Morgan fingerprint density at radius 1 is 1.50 bits per heavy atom. The summed E-state index contributed by atoms with van der Waals surface area (Å²) < 4.78 is 27.0. The van der Waals surface area contributed by atoms with Crippen molar-refractivity contribution in [3.05, 3.63) is 33.9 Å². The third-order valence-corrected chi connectivity index (χ3v) is 4.50. The molecule has 11 heteroatoms. The van der Waals surface area contributed by atoms with Crippen molar-refractivity contribution in [3.63, 3.8) is 0 Å². The molecule has 1 unspecified atom stereocenters. The average Bonchev–Trinajstić information content (AvgIpc) is 2.83. The average molecular weight is 357 g/mol. The number of carbonyl (C=O) groups is 2. The number of nitro groups is 1. The second kappa shape index (κ2) is 6.53. The van der Waals surface area contributed by atoms with Gasteiger partial charge in [-0.1, -0.05) is 0 Å². The molecule has 0 radical (unpaired) electrons. The van der Waals surface area contributed by atoms with Gasteiger partial charge in [-0.05, 0) is 6.07 Å². The summed E-state index contributed by atoms with van der Waals surface area (Å²) in [6.45, 7) is 0.0388. The molecule has 24 heavy (non-hydrogen) atoms. The van der Waals surface area contributed by atoms with Crippen LogP contribution in [0.2, 0.25) is 0 Å². The number of anilines is 1. The van der Waals surface area contributed by atoms with Crippen LogP contribution in [0.15, 0.2) is 18.2 Å². The Morgan fingerprint density at radius 3 is 2.71 bits per heavy atom. The summed E-state index contributed by atoms with van der Waals surface area (Å²) in [4.78, 5) is 35.4. The molecule has 1 heterocycles. The molecule has 2 rings (SSSR count). The number of primary sulfonamides is 1. The number of nitrogens with zero attached hydrogens (tertiary/aromatic N) is 2. The first-order valence-corrected chi connectivity index (χ1v) is 8.51. The molecule has 1 amide bonds. The van der Waals surface area contributed by atoms with E-state index in [1.807, 2.05) is 0 Å². The van der Waals surface area contributed by atoms with Gasteiger partial charge in [-0.2, -0.15) is 0 Å². The van der Waals surface area contributed by atoms with Crippen LogP contribution in [0.4, 0.5) is 11.4 Å². The van der Waals surface area contributed by atoms with Gasteiger partial charge in [0.1, 0.15) is 0 Å². The predicted octanol–water partition coefficient (Wildman–Crippen LogP) is 0.0228. The molecule has 1 aliphatic heterocycles. The van der Waals surface area contributed by atoms with Crippen molar-refractivity contribution in [1.82, 2.24) is 0 Å². The summed E-state index contributed by atoms with van der Waals surface area (Å²) in [5.74, 6) is -2.12. The number of methoxy groups -OCH3 is 1. The topological polar surface area (TPSA) is 150 Å². The molecule has 0 aromatic heterocycles. The lowest BCUT2D eigenvalue weighted by atomic mass is 10.1. The van der Waals surface area contributed by atoms with E-state index in [1.165, 1.54) is 11.0 Å². The zero-order valence-electron chi connectivity index (χ0n) is 12.7. The first-order chi connectivity index (χ1) is 11.1. The van der Waals surface area contributed by atoms with Crippen molar-refractivity contribution in [2.24, 2.45) is 11.1 Å². The highest BCUT2D eigenvalue weighted by Gasteiger charge is 2.35. The summed E-state index contributed by atoms with van der Waals surface area (Å²) in [6, 6.07) is 3.44. The molecule has 1 aromatic carbocycles. The highest BCUT2D eigenvalue weighted by Crippen LogP contribution is 2.31. The largest absolute Gasteiger partial charge is 0.465 e. The fourth-order valence-corrected chi connectivity index (χ4v) is 3.48. The van der Waals surface area contributed by atoms with Crippen LogP contribution in [0.3, 0.4) is 0 Å². The fourth-order valence-electron chi connectivity index (χ4n) is 2.60. The Kier molecular flexibility index (Phi) is 4.85. The smallest absolute Gasteiger partial charge is 0.340 e. The standard InChI is InChI=1S/C13H15N3O7S/c1-23-13(18)10-5-9(16(19)20)2-3-11(10)15-6-8(4-12(15)17)7-24(14,21)22/h2-3,5,8H,4,6-7H2,1H3,(H2,14,21,22). The maximum absolute atomic E-state index is 12.2. The molecule has 0 saturated carbocycles. The van der Waals surface area contributed by atoms with E-state index >= 15 is 0 Å². The quantitative estimate of drug-likeness (QED) is 0.443. The number of benzene rings is 1. The summed E-state index contributed by atoms with van der Waals surface area (Å²) in [6.07, 6.45) is -0.0476. The molecule has 0 spiro atoms. The van der Waals surface area contributed by atoms with E-state index in [0.717, 1.165) is 19.2 Å². The van der Waals surface area contributed by atoms with Crippen molar-refractivity contribution in [2.45, 2.75) is 6.42 Å². The minimum absolute atomic E-state index is 0.0388. The van der Waals surface area contributed by atoms with E-state index in [-0.39, 0.29) is 35.7 Å². The molecule has 1 aromatic rings. The van der Waals surface area contributed by atoms with Crippen LogP contribution >= 0.6 is 0 Å². The van der Waals surface area contributed by atoms with Gasteiger partial charge in [-0.3, -0.25) is 14.9 Å². The van der Waals surface area contributed by atoms with Gasteiger partial charge in [0.05, 0.1) is 29.0 Å². The lowest BCUT2D eigenvalue weighted by molar-refractivity contribution is -0.384. The number of sulfonamides is 1. The number of carbonyl (C=O) groups excluding carboxylic acids is 2. The van der Waals surface area contributed by atoms with E-state index in [2.05, 4.69) is 4.74 Å². The zero-order valence-corrected chi connectivity index (χ0v) is 13.5. The van der Waals surface area contributed by atoms with Gasteiger partial charge in [0, 0.05) is 31.0 Å². The Hall–Kier alpha value is -2.53. The minimum Gasteiger partial charge on any atom is -0.465 e. The lowest BCUT2D eigenvalue weighted by Crippen LogP contribution is -2.28. The highest BCUT2D eigenvalue weighted by molar-refractivity contribution is 7.89. The minimum atomic E-state index is -3.75. The number of amides is 1. The lowest BCUT2D eigenvalue weighted by Gasteiger charge is -2.19. The first-order valence-electron chi connectivity index (χ1n) is 6.80.